The average Bonchev–Trinajstić information content (AvgIpc) is 2.61. The van der Waals surface area contributed by atoms with Crippen LogP contribution in [-0.2, 0) is 0 Å². The maximum absolute atomic E-state index is 5.86. The molecule has 5 heteroatoms. The Morgan fingerprint density at radius 2 is 2.36 bits per heavy atom. The first kappa shape index (κ1) is 9.80. The smallest absolute Gasteiger partial charge is 0.140 e. The molecule has 2 heterocycles. The molecule has 0 spiro atoms. The molecule has 2 rings (SSSR count). The molecule has 0 aliphatic carbocycles. The summed E-state index contributed by atoms with van der Waals surface area (Å²) in [5.41, 5.74) is 5.82. The van der Waals surface area contributed by atoms with Gasteiger partial charge in [-0.15, -0.1) is 0 Å². The van der Waals surface area contributed by atoms with Crippen molar-refractivity contribution in [2.45, 2.75) is 25.4 Å². The number of nitrogens with zero attached hydrogens (tertiary/aromatic N) is 3. The first-order valence-electron chi connectivity index (χ1n) is 4.78. The van der Waals surface area contributed by atoms with Crippen LogP contribution in [0.25, 0.3) is 0 Å². The van der Waals surface area contributed by atoms with E-state index in [1.54, 1.807) is 6.20 Å². The van der Waals surface area contributed by atoms with Gasteiger partial charge in [0.25, 0.3) is 0 Å². The predicted octanol–water partition coefficient (Wildman–Crippen LogP) is 1.38. The molecule has 0 bridgehead atoms. The molecule has 4 nitrogen and oxygen atoms in total. The fourth-order valence-corrected chi connectivity index (χ4v) is 2.11. The first-order chi connectivity index (χ1) is 6.59. The Bertz CT molecular complexity index is 326. The highest BCUT2D eigenvalue weighted by atomic mass is 35.5. The third-order valence-electron chi connectivity index (χ3n) is 3.00. The molecular formula is C9H15ClN4. The number of halogens is 1. The number of hydrogen-bond donors (Lipinski definition) is 1. The van der Waals surface area contributed by atoms with E-state index < -0.39 is 0 Å². The molecule has 1 aromatic heterocycles. The van der Waals surface area contributed by atoms with Crippen molar-refractivity contribution in [1.29, 1.82) is 0 Å². The Hall–Kier alpha value is -0.740. The van der Waals surface area contributed by atoms with E-state index in [0.29, 0.717) is 22.9 Å². The van der Waals surface area contributed by atoms with Crippen LogP contribution in [-0.4, -0.2) is 34.3 Å². The summed E-state index contributed by atoms with van der Waals surface area (Å²) in [5, 5.41) is 4.75. The number of likely N-dealkylation sites (tertiary alicyclic amines) is 1. The lowest BCUT2D eigenvalue weighted by atomic mass is 10.2. The number of anilines is 1. The summed E-state index contributed by atoms with van der Waals surface area (Å²) in [5.74, 6) is 0.583. The number of aromatic nitrogens is 2. The van der Waals surface area contributed by atoms with Gasteiger partial charge in [0.15, 0.2) is 0 Å². The van der Waals surface area contributed by atoms with Gasteiger partial charge in [-0.3, -0.25) is 0 Å². The minimum atomic E-state index is 0.363. The standard InChI is InChI=1S/C9H15ClN4/c1-6-3-7(5-13(6)2)14-9(11)8(10)4-12-14/h4,6-7H,3,5,11H2,1-2H3. The van der Waals surface area contributed by atoms with Gasteiger partial charge in [-0.05, 0) is 20.4 Å². The van der Waals surface area contributed by atoms with Gasteiger partial charge in [-0.25, -0.2) is 4.68 Å². The van der Waals surface area contributed by atoms with Crippen LogP contribution in [0, 0.1) is 0 Å². The molecule has 1 aromatic rings. The zero-order valence-electron chi connectivity index (χ0n) is 8.44. The Labute approximate surface area is 88.6 Å². The minimum Gasteiger partial charge on any atom is -0.383 e. The second kappa shape index (κ2) is 3.44. The van der Waals surface area contributed by atoms with Crippen molar-refractivity contribution in [3.8, 4) is 0 Å². The second-order valence-corrected chi connectivity index (χ2v) is 4.41. The van der Waals surface area contributed by atoms with Crippen molar-refractivity contribution < 1.29 is 0 Å². The van der Waals surface area contributed by atoms with Crippen LogP contribution in [0.3, 0.4) is 0 Å². The quantitative estimate of drug-likeness (QED) is 0.769. The van der Waals surface area contributed by atoms with E-state index in [4.69, 9.17) is 17.3 Å². The van der Waals surface area contributed by atoms with Crippen molar-refractivity contribution in [2.24, 2.45) is 0 Å². The minimum absolute atomic E-state index is 0.363. The average molecular weight is 215 g/mol. The highest BCUT2D eigenvalue weighted by Gasteiger charge is 2.29. The van der Waals surface area contributed by atoms with Gasteiger partial charge in [0.05, 0.1) is 12.2 Å². The highest BCUT2D eigenvalue weighted by Crippen LogP contribution is 2.29. The van der Waals surface area contributed by atoms with Crippen LogP contribution in [0.5, 0.6) is 0 Å². The van der Waals surface area contributed by atoms with Crippen LogP contribution in [0.4, 0.5) is 5.82 Å². The molecule has 1 aliphatic heterocycles. The zero-order chi connectivity index (χ0) is 10.3. The molecule has 0 amide bonds. The van der Waals surface area contributed by atoms with Gasteiger partial charge < -0.3 is 10.6 Å². The molecular weight excluding hydrogens is 200 g/mol. The normalized spacial score (nSPS) is 28.5. The topological polar surface area (TPSA) is 47.1 Å². The zero-order valence-corrected chi connectivity index (χ0v) is 9.20. The van der Waals surface area contributed by atoms with Crippen LogP contribution < -0.4 is 5.73 Å². The van der Waals surface area contributed by atoms with Crippen molar-refractivity contribution in [1.82, 2.24) is 14.7 Å². The van der Waals surface area contributed by atoms with Crippen molar-refractivity contribution in [3.63, 3.8) is 0 Å². The van der Waals surface area contributed by atoms with Gasteiger partial charge in [0.1, 0.15) is 10.8 Å². The third kappa shape index (κ3) is 1.48. The van der Waals surface area contributed by atoms with Gasteiger partial charge in [-0.2, -0.15) is 5.10 Å². The van der Waals surface area contributed by atoms with Gasteiger partial charge in [-0.1, -0.05) is 11.6 Å². The SMILES string of the molecule is CC1CC(n2ncc(Cl)c2N)CN1C. The van der Waals surface area contributed by atoms with Crippen LogP contribution >= 0.6 is 11.6 Å². The number of likely N-dealkylation sites (N-methyl/N-ethyl adjacent to an activating group) is 1. The van der Waals surface area contributed by atoms with E-state index in [1.165, 1.54) is 0 Å². The molecule has 0 radical (unpaired) electrons. The molecule has 0 aromatic carbocycles. The van der Waals surface area contributed by atoms with Crippen LogP contribution in [0.15, 0.2) is 6.20 Å². The Balaban J connectivity index is 2.21. The molecule has 2 atom stereocenters. The number of hydrogen-bond acceptors (Lipinski definition) is 3. The first-order valence-corrected chi connectivity index (χ1v) is 5.16. The molecule has 1 saturated heterocycles. The number of nitrogens with two attached hydrogens (primary N) is 1. The summed E-state index contributed by atoms with van der Waals surface area (Å²) in [6.45, 7) is 3.20. The fraction of sp³-hybridized carbons (Fsp3) is 0.667. The van der Waals surface area contributed by atoms with Gasteiger partial charge in [0.2, 0.25) is 0 Å². The van der Waals surface area contributed by atoms with Crippen molar-refractivity contribution in [3.05, 3.63) is 11.2 Å². The summed E-state index contributed by atoms with van der Waals surface area (Å²) >= 11 is 5.86. The summed E-state index contributed by atoms with van der Waals surface area (Å²) in [6, 6.07) is 0.949. The molecule has 78 valence electrons. The number of rotatable bonds is 1. The van der Waals surface area contributed by atoms with Gasteiger partial charge in [0, 0.05) is 12.6 Å². The van der Waals surface area contributed by atoms with Crippen LogP contribution in [0.1, 0.15) is 19.4 Å². The summed E-state index contributed by atoms with van der Waals surface area (Å²) < 4.78 is 1.84. The maximum atomic E-state index is 5.86. The molecule has 2 N–H and O–H groups in total. The molecule has 2 unspecified atom stereocenters. The monoisotopic (exact) mass is 214 g/mol. The Morgan fingerprint density at radius 1 is 1.64 bits per heavy atom. The van der Waals surface area contributed by atoms with E-state index in [0.717, 1.165) is 13.0 Å². The Morgan fingerprint density at radius 3 is 2.79 bits per heavy atom. The number of nitrogen functional groups attached to an aromatic ring is 1. The summed E-state index contributed by atoms with van der Waals surface area (Å²) in [6.07, 6.45) is 2.69. The maximum Gasteiger partial charge on any atom is 0.140 e. The second-order valence-electron chi connectivity index (χ2n) is 4.00. The fourth-order valence-electron chi connectivity index (χ4n) is 1.98. The molecule has 0 saturated carbocycles. The van der Waals surface area contributed by atoms with E-state index >= 15 is 0 Å². The lowest BCUT2D eigenvalue weighted by molar-refractivity contribution is 0.323. The van der Waals surface area contributed by atoms with E-state index in [9.17, 15) is 0 Å². The summed E-state index contributed by atoms with van der Waals surface area (Å²) in [4.78, 5) is 2.31. The van der Waals surface area contributed by atoms with E-state index in [1.807, 2.05) is 4.68 Å². The van der Waals surface area contributed by atoms with E-state index in [2.05, 4.69) is 24.0 Å². The lowest BCUT2D eigenvalue weighted by Gasteiger charge is -2.13. The van der Waals surface area contributed by atoms with Crippen molar-refractivity contribution >= 4 is 17.4 Å². The predicted molar refractivity (Wildman–Crippen MR) is 57.4 cm³/mol. The van der Waals surface area contributed by atoms with E-state index in [-0.39, 0.29) is 0 Å². The molecule has 14 heavy (non-hydrogen) atoms. The summed E-state index contributed by atoms with van der Waals surface area (Å²) in [7, 11) is 2.12. The molecule has 1 fully saturated rings. The van der Waals surface area contributed by atoms with Gasteiger partial charge >= 0.3 is 0 Å². The van der Waals surface area contributed by atoms with Crippen LogP contribution in [0.2, 0.25) is 5.02 Å². The molecule has 1 aliphatic rings. The van der Waals surface area contributed by atoms with Crippen molar-refractivity contribution in [2.75, 3.05) is 19.3 Å². The third-order valence-corrected chi connectivity index (χ3v) is 3.29. The Kier molecular flexibility index (Phi) is 2.41. The highest BCUT2D eigenvalue weighted by molar-refractivity contribution is 6.32. The lowest BCUT2D eigenvalue weighted by Crippen LogP contribution is -2.22. The largest absolute Gasteiger partial charge is 0.383 e.